The maximum Gasteiger partial charge on any atom is 0.243 e. The minimum atomic E-state index is -3.53. The molecule has 0 saturated carbocycles. The van der Waals surface area contributed by atoms with E-state index in [2.05, 4.69) is 5.32 Å². The lowest BCUT2D eigenvalue weighted by molar-refractivity contribution is -0.120. The van der Waals surface area contributed by atoms with E-state index in [4.69, 9.17) is 0 Å². The number of sulfonamides is 1. The van der Waals surface area contributed by atoms with E-state index in [0.29, 0.717) is 30.8 Å². The molecule has 0 bridgehead atoms. The average Bonchev–Trinajstić information content (AvgIpc) is 2.65. The molecule has 0 spiro atoms. The third-order valence-corrected chi connectivity index (χ3v) is 7.15. The normalized spacial score (nSPS) is 16.3. The molecule has 1 aliphatic heterocycles. The SMILES string of the molecule is Cc1ccc(NC(=O)C2CCN(S(=O)(=O)c3cc(C)ccc3C)CC2)cc1. The second-order valence-corrected chi connectivity index (χ2v) is 9.21. The highest BCUT2D eigenvalue weighted by Gasteiger charge is 2.32. The predicted octanol–water partition coefficient (Wildman–Crippen LogP) is 3.65. The quantitative estimate of drug-likeness (QED) is 0.872. The van der Waals surface area contributed by atoms with Crippen molar-refractivity contribution in [1.82, 2.24) is 4.31 Å². The monoisotopic (exact) mass is 386 g/mol. The Bertz CT molecular complexity index is 928. The highest BCUT2D eigenvalue weighted by atomic mass is 32.2. The zero-order chi connectivity index (χ0) is 19.6. The summed E-state index contributed by atoms with van der Waals surface area (Å²) in [6, 6.07) is 13.1. The molecule has 0 aliphatic carbocycles. The number of hydrogen-bond acceptors (Lipinski definition) is 3. The molecule has 0 atom stereocenters. The molecule has 1 saturated heterocycles. The molecule has 2 aromatic rings. The van der Waals surface area contributed by atoms with Crippen molar-refractivity contribution in [3.8, 4) is 0 Å². The molecule has 1 amide bonds. The van der Waals surface area contributed by atoms with Crippen LogP contribution in [0.4, 0.5) is 5.69 Å². The number of carbonyl (C=O) groups excluding carboxylic acids is 1. The predicted molar refractivity (Wildman–Crippen MR) is 107 cm³/mol. The molecule has 6 heteroatoms. The van der Waals surface area contributed by atoms with Crippen molar-refractivity contribution in [1.29, 1.82) is 0 Å². The van der Waals surface area contributed by atoms with E-state index in [0.717, 1.165) is 22.4 Å². The molecule has 2 aromatic carbocycles. The van der Waals surface area contributed by atoms with Gasteiger partial charge in [0.1, 0.15) is 0 Å². The second kappa shape index (κ2) is 7.82. The second-order valence-electron chi connectivity index (χ2n) is 7.30. The first-order valence-corrected chi connectivity index (χ1v) is 10.7. The van der Waals surface area contributed by atoms with Crippen LogP contribution >= 0.6 is 0 Å². The Labute approximate surface area is 161 Å². The number of amides is 1. The van der Waals surface area contributed by atoms with Crippen molar-refractivity contribution in [2.75, 3.05) is 18.4 Å². The lowest BCUT2D eigenvalue weighted by Crippen LogP contribution is -2.41. The molecule has 0 radical (unpaired) electrons. The van der Waals surface area contributed by atoms with Gasteiger partial charge in [-0.1, -0.05) is 29.8 Å². The van der Waals surface area contributed by atoms with Gasteiger partial charge in [0, 0.05) is 24.7 Å². The smallest absolute Gasteiger partial charge is 0.243 e. The Hall–Kier alpha value is -2.18. The van der Waals surface area contributed by atoms with Crippen LogP contribution in [0.25, 0.3) is 0 Å². The van der Waals surface area contributed by atoms with Crippen molar-refractivity contribution < 1.29 is 13.2 Å². The van der Waals surface area contributed by atoms with E-state index in [9.17, 15) is 13.2 Å². The number of rotatable bonds is 4. The molecule has 27 heavy (non-hydrogen) atoms. The van der Waals surface area contributed by atoms with Gasteiger partial charge >= 0.3 is 0 Å². The van der Waals surface area contributed by atoms with E-state index >= 15 is 0 Å². The Morgan fingerprint density at radius 3 is 2.19 bits per heavy atom. The number of piperidine rings is 1. The van der Waals surface area contributed by atoms with Crippen molar-refractivity contribution in [2.24, 2.45) is 5.92 Å². The third-order valence-electron chi connectivity index (χ3n) is 5.11. The molecular weight excluding hydrogens is 360 g/mol. The zero-order valence-corrected chi connectivity index (χ0v) is 16.8. The molecule has 1 N–H and O–H groups in total. The Balaban J connectivity index is 1.65. The van der Waals surface area contributed by atoms with Crippen LogP contribution in [-0.2, 0) is 14.8 Å². The fourth-order valence-corrected chi connectivity index (χ4v) is 5.14. The average molecular weight is 387 g/mol. The largest absolute Gasteiger partial charge is 0.326 e. The summed E-state index contributed by atoms with van der Waals surface area (Å²) in [4.78, 5) is 12.9. The van der Waals surface area contributed by atoms with E-state index in [1.165, 1.54) is 4.31 Å². The van der Waals surface area contributed by atoms with Gasteiger partial charge in [0.2, 0.25) is 15.9 Å². The fourth-order valence-electron chi connectivity index (χ4n) is 3.36. The van der Waals surface area contributed by atoms with Gasteiger partial charge < -0.3 is 5.32 Å². The van der Waals surface area contributed by atoms with E-state index in [-0.39, 0.29) is 11.8 Å². The number of carbonyl (C=O) groups is 1. The first-order valence-electron chi connectivity index (χ1n) is 9.22. The van der Waals surface area contributed by atoms with Crippen LogP contribution in [0.15, 0.2) is 47.4 Å². The Morgan fingerprint density at radius 1 is 0.963 bits per heavy atom. The summed E-state index contributed by atoms with van der Waals surface area (Å²) < 4.78 is 27.5. The van der Waals surface area contributed by atoms with Crippen molar-refractivity contribution >= 4 is 21.6 Å². The standard InChI is InChI=1S/C21H26N2O3S/c1-15-5-8-19(9-6-15)22-21(24)18-10-12-23(13-11-18)27(25,26)20-14-16(2)4-7-17(20)3/h4-9,14,18H,10-13H2,1-3H3,(H,22,24). The topological polar surface area (TPSA) is 66.5 Å². The van der Waals surface area contributed by atoms with Gasteiger partial charge in [0.25, 0.3) is 0 Å². The molecule has 3 rings (SSSR count). The number of aryl methyl sites for hydroxylation is 3. The molecule has 1 aliphatic rings. The molecule has 1 fully saturated rings. The van der Waals surface area contributed by atoms with Crippen LogP contribution in [-0.4, -0.2) is 31.7 Å². The van der Waals surface area contributed by atoms with Gasteiger partial charge in [0.15, 0.2) is 0 Å². The lowest BCUT2D eigenvalue weighted by atomic mass is 9.97. The summed E-state index contributed by atoms with van der Waals surface area (Å²) in [5.74, 6) is -0.209. The van der Waals surface area contributed by atoms with Crippen LogP contribution in [0, 0.1) is 26.7 Å². The summed E-state index contributed by atoms with van der Waals surface area (Å²) in [7, 11) is -3.53. The summed E-state index contributed by atoms with van der Waals surface area (Å²) >= 11 is 0. The Kier molecular flexibility index (Phi) is 5.67. The minimum Gasteiger partial charge on any atom is -0.326 e. The van der Waals surface area contributed by atoms with Gasteiger partial charge in [-0.2, -0.15) is 4.31 Å². The summed E-state index contributed by atoms with van der Waals surface area (Å²) in [5, 5.41) is 2.93. The Morgan fingerprint density at radius 2 is 1.56 bits per heavy atom. The molecule has 144 valence electrons. The van der Waals surface area contributed by atoms with Crippen molar-refractivity contribution in [2.45, 2.75) is 38.5 Å². The third kappa shape index (κ3) is 4.39. The molecule has 5 nitrogen and oxygen atoms in total. The molecule has 1 heterocycles. The van der Waals surface area contributed by atoms with Crippen LogP contribution in [0.5, 0.6) is 0 Å². The lowest BCUT2D eigenvalue weighted by Gasteiger charge is -2.31. The zero-order valence-electron chi connectivity index (χ0n) is 16.0. The number of hydrogen-bond donors (Lipinski definition) is 1. The van der Waals surface area contributed by atoms with Gasteiger partial charge in [-0.05, 0) is 62.9 Å². The summed E-state index contributed by atoms with van der Waals surface area (Å²) in [6.45, 7) is 6.43. The van der Waals surface area contributed by atoms with Gasteiger partial charge in [-0.3, -0.25) is 4.79 Å². The van der Waals surface area contributed by atoms with E-state index < -0.39 is 10.0 Å². The van der Waals surface area contributed by atoms with Gasteiger partial charge in [-0.25, -0.2) is 8.42 Å². The highest BCUT2D eigenvalue weighted by Crippen LogP contribution is 2.27. The van der Waals surface area contributed by atoms with Crippen LogP contribution < -0.4 is 5.32 Å². The van der Waals surface area contributed by atoms with Gasteiger partial charge in [0.05, 0.1) is 4.90 Å². The number of anilines is 1. The number of nitrogens with zero attached hydrogens (tertiary/aromatic N) is 1. The maximum absolute atomic E-state index is 13.0. The molecular formula is C21H26N2O3S. The summed E-state index contributed by atoms with van der Waals surface area (Å²) in [6.07, 6.45) is 1.06. The first-order chi connectivity index (χ1) is 12.8. The van der Waals surface area contributed by atoms with Crippen molar-refractivity contribution in [3.63, 3.8) is 0 Å². The van der Waals surface area contributed by atoms with E-state index in [1.807, 2.05) is 57.2 Å². The minimum absolute atomic E-state index is 0.0392. The fraction of sp³-hybridized carbons (Fsp3) is 0.381. The molecule has 0 unspecified atom stereocenters. The maximum atomic E-state index is 13.0. The van der Waals surface area contributed by atoms with Gasteiger partial charge in [-0.15, -0.1) is 0 Å². The number of nitrogens with one attached hydrogen (secondary N) is 1. The van der Waals surface area contributed by atoms with Crippen molar-refractivity contribution in [3.05, 3.63) is 59.2 Å². The number of benzene rings is 2. The van der Waals surface area contributed by atoms with Crippen LogP contribution in [0.3, 0.4) is 0 Å². The van der Waals surface area contributed by atoms with Crippen LogP contribution in [0.2, 0.25) is 0 Å². The first kappa shape index (κ1) is 19.6. The van der Waals surface area contributed by atoms with E-state index in [1.54, 1.807) is 6.07 Å². The summed E-state index contributed by atoms with van der Waals surface area (Å²) in [5.41, 5.74) is 3.58. The highest BCUT2D eigenvalue weighted by molar-refractivity contribution is 7.89. The van der Waals surface area contributed by atoms with Crippen LogP contribution in [0.1, 0.15) is 29.5 Å². The molecule has 0 aromatic heterocycles.